The number of rotatable bonds is 6. The molecule has 0 bridgehead atoms. The van der Waals surface area contributed by atoms with Crippen molar-refractivity contribution >= 4 is 0 Å². The molecule has 2 aromatic rings. The van der Waals surface area contributed by atoms with Gasteiger partial charge in [-0.25, -0.2) is 4.98 Å². The molecule has 1 atom stereocenters. The SMILES string of the molecule is COc1cccc(CN2CCC[C@H](c3n[nH]c(C4CC4)n3)C2)c1OC. The predicted octanol–water partition coefficient (Wildman–Crippen LogP) is 3.08. The van der Waals surface area contributed by atoms with E-state index >= 15 is 0 Å². The van der Waals surface area contributed by atoms with Crippen LogP contribution in [0, 0.1) is 0 Å². The van der Waals surface area contributed by atoms with Crippen LogP contribution in [0.5, 0.6) is 11.5 Å². The van der Waals surface area contributed by atoms with E-state index in [1.165, 1.54) is 19.3 Å². The molecule has 1 aromatic heterocycles. The minimum atomic E-state index is 0.411. The van der Waals surface area contributed by atoms with Crippen LogP contribution in [0.3, 0.4) is 0 Å². The third kappa shape index (κ3) is 3.49. The molecule has 0 amide bonds. The lowest BCUT2D eigenvalue weighted by molar-refractivity contribution is 0.194. The highest BCUT2D eigenvalue weighted by atomic mass is 16.5. The van der Waals surface area contributed by atoms with Crippen molar-refractivity contribution in [3.05, 3.63) is 35.4 Å². The Bertz CT molecular complexity index is 726. The molecule has 4 rings (SSSR count). The lowest BCUT2D eigenvalue weighted by Crippen LogP contribution is -2.34. The highest BCUT2D eigenvalue weighted by Gasteiger charge is 2.30. The fourth-order valence-corrected chi connectivity index (χ4v) is 3.74. The molecule has 1 saturated carbocycles. The van der Waals surface area contributed by atoms with Gasteiger partial charge in [0.1, 0.15) is 5.82 Å². The zero-order valence-electron chi connectivity index (χ0n) is 15.0. The molecule has 0 radical (unpaired) electrons. The molecule has 6 nitrogen and oxygen atoms in total. The van der Waals surface area contributed by atoms with Crippen molar-refractivity contribution in [3.8, 4) is 11.5 Å². The summed E-state index contributed by atoms with van der Waals surface area (Å²) in [4.78, 5) is 7.23. The largest absolute Gasteiger partial charge is 0.493 e. The second kappa shape index (κ2) is 7.04. The van der Waals surface area contributed by atoms with Crippen LogP contribution in [-0.2, 0) is 6.54 Å². The first-order valence-corrected chi connectivity index (χ1v) is 9.13. The summed E-state index contributed by atoms with van der Waals surface area (Å²) in [5, 5.41) is 7.64. The van der Waals surface area contributed by atoms with Crippen LogP contribution in [0.1, 0.15) is 54.7 Å². The number of aromatic amines is 1. The van der Waals surface area contributed by atoms with Crippen molar-refractivity contribution < 1.29 is 9.47 Å². The topological polar surface area (TPSA) is 63.3 Å². The molecule has 1 N–H and O–H groups in total. The molecule has 1 aliphatic carbocycles. The smallest absolute Gasteiger partial charge is 0.165 e. The van der Waals surface area contributed by atoms with Crippen molar-refractivity contribution in [1.29, 1.82) is 0 Å². The maximum atomic E-state index is 5.58. The van der Waals surface area contributed by atoms with E-state index in [0.717, 1.165) is 54.8 Å². The van der Waals surface area contributed by atoms with E-state index in [9.17, 15) is 0 Å². The van der Waals surface area contributed by atoms with Crippen molar-refractivity contribution in [1.82, 2.24) is 20.1 Å². The van der Waals surface area contributed by atoms with E-state index < -0.39 is 0 Å². The molecular weight excluding hydrogens is 316 g/mol. The standard InChI is InChI=1S/C19H26N4O2/c1-24-16-7-3-5-14(17(16)25-2)11-23-10-4-6-15(12-23)19-20-18(21-22-19)13-8-9-13/h3,5,7,13,15H,4,6,8-12H2,1-2H3,(H,20,21,22)/t15-/m0/s1. The summed E-state index contributed by atoms with van der Waals surface area (Å²) in [5.41, 5.74) is 1.16. The Morgan fingerprint density at radius 3 is 2.80 bits per heavy atom. The number of piperidine rings is 1. The average Bonchev–Trinajstić information content (AvgIpc) is 3.38. The van der Waals surface area contributed by atoms with Crippen molar-refractivity contribution in [3.63, 3.8) is 0 Å². The van der Waals surface area contributed by atoms with E-state index in [-0.39, 0.29) is 0 Å². The molecular formula is C19H26N4O2. The van der Waals surface area contributed by atoms with Gasteiger partial charge in [0.05, 0.1) is 14.2 Å². The van der Waals surface area contributed by atoms with E-state index in [4.69, 9.17) is 14.5 Å². The number of nitrogens with zero attached hydrogens (tertiary/aromatic N) is 3. The Morgan fingerprint density at radius 1 is 1.16 bits per heavy atom. The van der Waals surface area contributed by atoms with Gasteiger partial charge in [-0.3, -0.25) is 10.00 Å². The Hall–Kier alpha value is -2.08. The molecule has 2 heterocycles. The van der Waals surface area contributed by atoms with Crippen LogP contribution in [0.2, 0.25) is 0 Å². The number of benzene rings is 1. The van der Waals surface area contributed by atoms with Crippen LogP contribution in [0.25, 0.3) is 0 Å². The number of aromatic nitrogens is 3. The Balaban J connectivity index is 1.46. The maximum Gasteiger partial charge on any atom is 0.165 e. The Kier molecular flexibility index (Phi) is 4.61. The monoisotopic (exact) mass is 342 g/mol. The number of para-hydroxylation sites is 1. The highest BCUT2D eigenvalue weighted by Crippen LogP contribution is 2.39. The van der Waals surface area contributed by atoms with Crippen LogP contribution < -0.4 is 9.47 Å². The molecule has 1 saturated heterocycles. The lowest BCUT2D eigenvalue weighted by atomic mass is 9.97. The Morgan fingerprint density at radius 2 is 2.04 bits per heavy atom. The van der Waals surface area contributed by atoms with Gasteiger partial charge in [0.25, 0.3) is 0 Å². The average molecular weight is 342 g/mol. The molecule has 25 heavy (non-hydrogen) atoms. The number of H-pyrrole nitrogens is 1. The van der Waals surface area contributed by atoms with Crippen LogP contribution >= 0.6 is 0 Å². The second-order valence-corrected chi connectivity index (χ2v) is 7.08. The molecule has 6 heteroatoms. The summed E-state index contributed by atoms with van der Waals surface area (Å²) in [5.74, 6) is 4.74. The number of hydrogen-bond acceptors (Lipinski definition) is 5. The van der Waals surface area contributed by atoms with Crippen LogP contribution in [0.4, 0.5) is 0 Å². The van der Waals surface area contributed by atoms with Gasteiger partial charge in [0, 0.05) is 30.5 Å². The van der Waals surface area contributed by atoms with Crippen molar-refractivity contribution in [2.24, 2.45) is 0 Å². The van der Waals surface area contributed by atoms with Gasteiger partial charge in [-0.05, 0) is 38.3 Å². The molecule has 2 fully saturated rings. The zero-order valence-corrected chi connectivity index (χ0v) is 15.0. The summed E-state index contributed by atoms with van der Waals surface area (Å²) in [7, 11) is 3.38. The number of ether oxygens (including phenoxy) is 2. The minimum absolute atomic E-state index is 0.411. The van der Waals surface area contributed by atoms with Crippen LogP contribution in [0.15, 0.2) is 18.2 Å². The number of hydrogen-bond donors (Lipinski definition) is 1. The second-order valence-electron chi connectivity index (χ2n) is 7.08. The first-order valence-electron chi connectivity index (χ1n) is 9.13. The summed E-state index contributed by atoms with van der Waals surface area (Å²) >= 11 is 0. The summed E-state index contributed by atoms with van der Waals surface area (Å²) < 4.78 is 11.0. The Labute approximate surface area is 148 Å². The fourth-order valence-electron chi connectivity index (χ4n) is 3.74. The fraction of sp³-hybridized carbons (Fsp3) is 0.579. The van der Waals surface area contributed by atoms with Gasteiger partial charge in [-0.2, -0.15) is 5.10 Å². The predicted molar refractivity (Wildman–Crippen MR) is 95.2 cm³/mol. The molecule has 0 spiro atoms. The molecule has 134 valence electrons. The van der Waals surface area contributed by atoms with Gasteiger partial charge in [0.2, 0.25) is 0 Å². The molecule has 0 unspecified atom stereocenters. The molecule has 1 aliphatic heterocycles. The highest BCUT2D eigenvalue weighted by molar-refractivity contribution is 5.46. The van der Waals surface area contributed by atoms with E-state index in [2.05, 4.69) is 21.2 Å². The summed E-state index contributed by atoms with van der Waals surface area (Å²) in [6, 6.07) is 6.08. The third-order valence-corrected chi connectivity index (χ3v) is 5.23. The number of methoxy groups -OCH3 is 2. The van der Waals surface area contributed by atoms with E-state index in [1.807, 2.05) is 12.1 Å². The van der Waals surface area contributed by atoms with E-state index in [0.29, 0.717) is 11.8 Å². The van der Waals surface area contributed by atoms with Gasteiger partial charge >= 0.3 is 0 Å². The molecule has 2 aliphatic rings. The first-order chi connectivity index (χ1) is 12.3. The van der Waals surface area contributed by atoms with Crippen molar-refractivity contribution in [2.45, 2.75) is 44.1 Å². The normalized spacial score (nSPS) is 21.3. The number of likely N-dealkylation sites (tertiary alicyclic amines) is 1. The van der Waals surface area contributed by atoms with Gasteiger partial charge in [-0.1, -0.05) is 12.1 Å². The summed E-state index contributed by atoms with van der Waals surface area (Å²) in [6.07, 6.45) is 4.83. The summed E-state index contributed by atoms with van der Waals surface area (Å²) in [6.45, 7) is 2.94. The van der Waals surface area contributed by atoms with Gasteiger partial charge in [0.15, 0.2) is 17.3 Å². The first kappa shape index (κ1) is 16.4. The quantitative estimate of drug-likeness (QED) is 0.874. The van der Waals surface area contributed by atoms with Crippen LogP contribution in [-0.4, -0.2) is 47.4 Å². The third-order valence-electron chi connectivity index (χ3n) is 5.23. The van der Waals surface area contributed by atoms with Gasteiger partial charge < -0.3 is 9.47 Å². The van der Waals surface area contributed by atoms with Gasteiger partial charge in [-0.15, -0.1) is 0 Å². The van der Waals surface area contributed by atoms with Crippen molar-refractivity contribution in [2.75, 3.05) is 27.3 Å². The molecule has 1 aromatic carbocycles. The zero-order chi connectivity index (χ0) is 17.2. The van der Waals surface area contributed by atoms with E-state index in [1.54, 1.807) is 14.2 Å². The maximum absolute atomic E-state index is 5.58. The number of nitrogens with one attached hydrogen (secondary N) is 1. The lowest BCUT2D eigenvalue weighted by Gasteiger charge is -2.31. The minimum Gasteiger partial charge on any atom is -0.493 e.